The van der Waals surface area contributed by atoms with Crippen LogP contribution in [-0.4, -0.2) is 23.5 Å². The molecule has 0 saturated heterocycles. The van der Waals surface area contributed by atoms with Crippen LogP contribution >= 0.6 is 0 Å². The van der Waals surface area contributed by atoms with Crippen molar-refractivity contribution in [2.45, 2.75) is 65.0 Å². The molecule has 1 saturated carbocycles. The van der Waals surface area contributed by atoms with E-state index in [-0.39, 0.29) is 5.54 Å². The number of hydrogen-bond acceptors (Lipinski definition) is 2. The summed E-state index contributed by atoms with van der Waals surface area (Å²) in [5, 5.41) is 0. The lowest BCUT2D eigenvalue weighted by atomic mass is 9.79. The van der Waals surface area contributed by atoms with Crippen LogP contribution in [-0.2, 0) is 6.54 Å². The fourth-order valence-electron chi connectivity index (χ4n) is 3.76. The zero-order valence-corrected chi connectivity index (χ0v) is 13.4. The van der Waals surface area contributed by atoms with Crippen LogP contribution in [0.3, 0.4) is 0 Å². The summed E-state index contributed by atoms with van der Waals surface area (Å²) in [6.07, 6.45) is 6.58. The van der Waals surface area contributed by atoms with Gasteiger partial charge in [-0.05, 0) is 49.9 Å². The van der Waals surface area contributed by atoms with Crippen molar-refractivity contribution in [1.82, 2.24) is 4.90 Å². The van der Waals surface area contributed by atoms with Gasteiger partial charge >= 0.3 is 0 Å². The van der Waals surface area contributed by atoms with Crippen molar-refractivity contribution in [3.63, 3.8) is 0 Å². The molecule has 0 amide bonds. The molecule has 1 aromatic rings. The van der Waals surface area contributed by atoms with Crippen molar-refractivity contribution in [2.75, 3.05) is 13.1 Å². The van der Waals surface area contributed by atoms with E-state index in [1.807, 2.05) is 0 Å². The van der Waals surface area contributed by atoms with Gasteiger partial charge in [0, 0.05) is 18.6 Å². The maximum Gasteiger partial charge on any atom is 0.0335 e. The average Bonchev–Trinajstić information content (AvgIpc) is 2.48. The van der Waals surface area contributed by atoms with E-state index in [0.29, 0.717) is 0 Å². The molecule has 0 aromatic heterocycles. The third kappa shape index (κ3) is 3.07. The van der Waals surface area contributed by atoms with Crippen LogP contribution in [0.2, 0.25) is 0 Å². The Balaban J connectivity index is 2.23. The monoisotopic (exact) mass is 274 g/mol. The second-order valence-electron chi connectivity index (χ2n) is 6.37. The Labute approximate surface area is 124 Å². The van der Waals surface area contributed by atoms with E-state index in [2.05, 4.69) is 43.9 Å². The smallest absolute Gasteiger partial charge is 0.0335 e. The summed E-state index contributed by atoms with van der Waals surface area (Å²) < 4.78 is 0. The molecule has 2 N–H and O–H groups in total. The van der Waals surface area contributed by atoms with Crippen LogP contribution in [0.25, 0.3) is 0 Å². The fourth-order valence-corrected chi connectivity index (χ4v) is 3.76. The highest BCUT2D eigenvalue weighted by Gasteiger charge is 2.36. The lowest BCUT2D eigenvalue weighted by Gasteiger charge is -2.46. The van der Waals surface area contributed by atoms with E-state index in [1.54, 1.807) is 0 Å². The summed E-state index contributed by atoms with van der Waals surface area (Å²) in [5.41, 5.74) is 10.8. The summed E-state index contributed by atoms with van der Waals surface area (Å²) >= 11 is 0. The number of nitrogens with zero attached hydrogens (tertiary/aromatic N) is 1. The SMILES string of the molecule is CCN(Cc1c(C)cccc1C)C1(CN)CCCCC1. The summed E-state index contributed by atoms with van der Waals surface area (Å²) in [4.78, 5) is 2.64. The molecular weight excluding hydrogens is 244 g/mol. The number of benzene rings is 1. The summed E-state index contributed by atoms with van der Waals surface area (Å²) in [7, 11) is 0. The molecule has 0 aliphatic heterocycles. The highest BCUT2D eigenvalue weighted by molar-refractivity contribution is 5.33. The van der Waals surface area contributed by atoms with Gasteiger partial charge in [0.2, 0.25) is 0 Å². The van der Waals surface area contributed by atoms with Gasteiger partial charge in [-0.1, -0.05) is 44.4 Å². The Kier molecular flexibility index (Phi) is 5.22. The van der Waals surface area contributed by atoms with Crippen LogP contribution < -0.4 is 5.73 Å². The molecule has 1 fully saturated rings. The second kappa shape index (κ2) is 6.73. The van der Waals surface area contributed by atoms with Crippen molar-refractivity contribution in [1.29, 1.82) is 0 Å². The van der Waals surface area contributed by atoms with Gasteiger partial charge in [0.1, 0.15) is 0 Å². The molecular formula is C18H30N2. The predicted octanol–water partition coefficient (Wildman–Crippen LogP) is 3.79. The topological polar surface area (TPSA) is 29.3 Å². The van der Waals surface area contributed by atoms with Crippen molar-refractivity contribution in [2.24, 2.45) is 5.73 Å². The third-order valence-electron chi connectivity index (χ3n) is 5.21. The second-order valence-corrected chi connectivity index (χ2v) is 6.37. The van der Waals surface area contributed by atoms with Gasteiger partial charge in [0.05, 0.1) is 0 Å². The highest BCUT2D eigenvalue weighted by atomic mass is 15.2. The first kappa shape index (κ1) is 15.5. The minimum atomic E-state index is 0.238. The Morgan fingerprint density at radius 2 is 1.70 bits per heavy atom. The van der Waals surface area contributed by atoms with E-state index >= 15 is 0 Å². The van der Waals surface area contributed by atoms with E-state index in [4.69, 9.17) is 5.73 Å². The summed E-state index contributed by atoms with van der Waals surface area (Å²) in [6, 6.07) is 6.61. The van der Waals surface area contributed by atoms with Crippen molar-refractivity contribution in [3.05, 3.63) is 34.9 Å². The van der Waals surface area contributed by atoms with E-state index in [0.717, 1.165) is 19.6 Å². The first-order valence-electron chi connectivity index (χ1n) is 8.13. The zero-order chi connectivity index (χ0) is 14.6. The maximum atomic E-state index is 6.20. The van der Waals surface area contributed by atoms with Gasteiger partial charge in [-0.25, -0.2) is 0 Å². The molecule has 0 radical (unpaired) electrons. The first-order valence-corrected chi connectivity index (χ1v) is 8.13. The number of hydrogen-bond donors (Lipinski definition) is 1. The standard InChI is InChI=1S/C18H30N2/c1-4-20(18(14-19)11-6-5-7-12-18)13-17-15(2)9-8-10-16(17)3/h8-10H,4-7,11-14,19H2,1-3H3. The normalized spacial score (nSPS) is 18.4. The van der Waals surface area contributed by atoms with E-state index in [1.165, 1.54) is 48.8 Å². The molecule has 0 atom stereocenters. The van der Waals surface area contributed by atoms with Crippen LogP contribution in [0.5, 0.6) is 0 Å². The molecule has 0 unspecified atom stereocenters. The van der Waals surface area contributed by atoms with Crippen molar-refractivity contribution in [3.8, 4) is 0 Å². The molecule has 2 heteroatoms. The molecule has 112 valence electrons. The minimum absolute atomic E-state index is 0.238. The van der Waals surface area contributed by atoms with Crippen molar-refractivity contribution < 1.29 is 0 Å². The molecule has 1 aliphatic rings. The van der Waals surface area contributed by atoms with Gasteiger partial charge in [0.15, 0.2) is 0 Å². The Hall–Kier alpha value is -0.860. The van der Waals surface area contributed by atoms with Crippen molar-refractivity contribution >= 4 is 0 Å². The number of likely N-dealkylation sites (N-methyl/N-ethyl adjacent to an activating group) is 1. The van der Waals surface area contributed by atoms with E-state index < -0.39 is 0 Å². The van der Waals surface area contributed by atoms with E-state index in [9.17, 15) is 0 Å². The zero-order valence-electron chi connectivity index (χ0n) is 13.4. The van der Waals surface area contributed by atoms with Crippen LogP contribution in [0.1, 0.15) is 55.7 Å². The Morgan fingerprint density at radius 1 is 1.10 bits per heavy atom. The lowest BCUT2D eigenvalue weighted by molar-refractivity contribution is 0.0543. The largest absolute Gasteiger partial charge is 0.329 e. The molecule has 0 heterocycles. The molecule has 20 heavy (non-hydrogen) atoms. The van der Waals surface area contributed by atoms with Gasteiger partial charge in [-0.3, -0.25) is 4.90 Å². The summed E-state index contributed by atoms with van der Waals surface area (Å²) in [5.74, 6) is 0. The van der Waals surface area contributed by atoms with Gasteiger partial charge in [0.25, 0.3) is 0 Å². The molecule has 2 rings (SSSR count). The van der Waals surface area contributed by atoms with Crippen LogP contribution in [0.15, 0.2) is 18.2 Å². The summed E-state index contributed by atoms with van der Waals surface area (Å²) in [6.45, 7) is 9.67. The number of rotatable bonds is 5. The lowest BCUT2D eigenvalue weighted by Crippen LogP contribution is -2.54. The Morgan fingerprint density at radius 3 is 2.20 bits per heavy atom. The number of aryl methyl sites for hydroxylation is 2. The highest BCUT2D eigenvalue weighted by Crippen LogP contribution is 2.34. The molecule has 0 bridgehead atoms. The first-order chi connectivity index (χ1) is 9.63. The van der Waals surface area contributed by atoms with Crippen LogP contribution in [0.4, 0.5) is 0 Å². The fraction of sp³-hybridized carbons (Fsp3) is 0.667. The predicted molar refractivity (Wildman–Crippen MR) is 86.9 cm³/mol. The number of nitrogens with two attached hydrogens (primary N) is 1. The molecule has 1 aliphatic carbocycles. The average molecular weight is 274 g/mol. The molecule has 0 spiro atoms. The minimum Gasteiger partial charge on any atom is -0.329 e. The quantitative estimate of drug-likeness (QED) is 0.885. The third-order valence-corrected chi connectivity index (χ3v) is 5.21. The maximum absolute atomic E-state index is 6.20. The van der Waals surface area contributed by atoms with Crippen LogP contribution in [0, 0.1) is 13.8 Å². The Bertz CT molecular complexity index is 413. The molecule has 1 aromatic carbocycles. The van der Waals surface area contributed by atoms with Gasteiger partial charge in [-0.2, -0.15) is 0 Å². The van der Waals surface area contributed by atoms with Gasteiger partial charge in [-0.15, -0.1) is 0 Å². The molecule has 2 nitrogen and oxygen atoms in total. The van der Waals surface area contributed by atoms with Gasteiger partial charge < -0.3 is 5.73 Å².